The van der Waals surface area contributed by atoms with Gasteiger partial charge in [0.1, 0.15) is 5.69 Å². The van der Waals surface area contributed by atoms with Gasteiger partial charge >= 0.3 is 5.97 Å². The molecule has 0 atom stereocenters. The molecule has 0 aliphatic carbocycles. The van der Waals surface area contributed by atoms with E-state index in [9.17, 15) is 9.59 Å². The SMILES string of the molecule is O=C(O)c1cncc(NC(=O)c2cscn2)c1. The highest BCUT2D eigenvalue weighted by molar-refractivity contribution is 7.07. The van der Waals surface area contributed by atoms with Gasteiger partial charge in [0.2, 0.25) is 0 Å². The summed E-state index contributed by atoms with van der Waals surface area (Å²) in [4.78, 5) is 29.9. The van der Waals surface area contributed by atoms with Gasteiger partial charge in [-0.2, -0.15) is 0 Å². The first-order chi connectivity index (χ1) is 8.16. The third kappa shape index (κ3) is 2.64. The number of carboxylic acid groups (broad SMARTS) is 1. The van der Waals surface area contributed by atoms with Crippen LogP contribution in [0.15, 0.2) is 29.4 Å². The minimum absolute atomic E-state index is 0.0149. The van der Waals surface area contributed by atoms with Crippen LogP contribution >= 0.6 is 11.3 Å². The van der Waals surface area contributed by atoms with Gasteiger partial charge in [0.15, 0.2) is 0 Å². The number of pyridine rings is 1. The number of aromatic carboxylic acids is 1. The molecular formula is C10H7N3O3S. The number of carboxylic acids is 1. The number of thiazole rings is 1. The van der Waals surface area contributed by atoms with Crippen LogP contribution in [0.5, 0.6) is 0 Å². The Labute approximate surface area is 100.0 Å². The minimum atomic E-state index is -1.10. The van der Waals surface area contributed by atoms with E-state index in [1.54, 1.807) is 10.9 Å². The van der Waals surface area contributed by atoms with E-state index in [0.29, 0.717) is 5.69 Å². The molecule has 0 aliphatic heterocycles. The number of carbonyl (C=O) groups is 2. The zero-order valence-electron chi connectivity index (χ0n) is 8.45. The molecule has 17 heavy (non-hydrogen) atoms. The molecule has 0 aliphatic rings. The van der Waals surface area contributed by atoms with E-state index >= 15 is 0 Å². The second-order valence-corrected chi connectivity index (χ2v) is 3.81. The third-order valence-corrected chi connectivity index (χ3v) is 2.49. The first-order valence-corrected chi connectivity index (χ1v) is 5.49. The molecule has 2 rings (SSSR count). The van der Waals surface area contributed by atoms with Crippen LogP contribution in [0.4, 0.5) is 5.69 Å². The maximum Gasteiger partial charge on any atom is 0.337 e. The van der Waals surface area contributed by atoms with Crippen molar-refractivity contribution in [1.29, 1.82) is 0 Å². The zero-order chi connectivity index (χ0) is 12.3. The largest absolute Gasteiger partial charge is 0.478 e. The quantitative estimate of drug-likeness (QED) is 0.859. The third-order valence-electron chi connectivity index (χ3n) is 1.91. The highest BCUT2D eigenvalue weighted by Crippen LogP contribution is 2.10. The van der Waals surface area contributed by atoms with Gasteiger partial charge in [-0.1, -0.05) is 0 Å². The summed E-state index contributed by atoms with van der Waals surface area (Å²) in [5.74, 6) is -1.49. The van der Waals surface area contributed by atoms with E-state index < -0.39 is 11.9 Å². The van der Waals surface area contributed by atoms with Crippen LogP contribution in [-0.2, 0) is 0 Å². The summed E-state index contributed by atoms with van der Waals surface area (Å²) in [5.41, 5.74) is 2.17. The van der Waals surface area contributed by atoms with Crippen LogP contribution in [0.25, 0.3) is 0 Å². The number of amides is 1. The summed E-state index contributed by atoms with van der Waals surface area (Å²) < 4.78 is 0. The fraction of sp³-hybridized carbons (Fsp3) is 0. The molecule has 0 bridgehead atoms. The molecule has 0 saturated heterocycles. The lowest BCUT2D eigenvalue weighted by Crippen LogP contribution is -2.13. The van der Waals surface area contributed by atoms with Gasteiger partial charge in [-0.25, -0.2) is 9.78 Å². The standard InChI is InChI=1S/C10H7N3O3S/c14-9(8-4-17-5-12-8)13-7-1-6(10(15)16)2-11-3-7/h1-5H,(H,13,14)(H,15,16). The highest BCUT2D eigenvalue weighted by atomic mass is 32.1. The van der Waals surface area contributed by atoms with Crippen molar-refractivity contribution in [3.05, 3.63) is 40.6 Å². The molecule has 86 valence electrons. The smallest absolute Gasteiger partial charge is 0.337 e. The van der Waals surface area contributed by atoms with Gasteiger partial charge in [-0.15, -0.1) is 11.3 Å². The Morgan fingerprint density at radius 2 is 2.18 bits per heavy atom. The number of anilines is 1. The Morgan fingerprint density at radius 1 is 1.35 bits per heavy atom. The van der Waals surface area contributed by atoms with E-state index in [2.05, 4.69) is 15.3 Å². The predicted molar refractivity (Wildman–Crippen MR) is 61.3 cm³/mol. The summed E-state index contributed by atoms with van der Waals surface area (Å²) in [7, 11) is 0. The number of aromatic nitrogens is 2. The van der Waals surface area contributed by atoms with Crippen molar-refractivity contribution < 1.29 is 14.7 Å². The molecule has 0 saturated carbocycles. The maximum absolute atomic E-state index is 11.6. The first-order valence-electron chi connectivity index (χ1n) is 4.54. The molecule has 2 aromatic heterocycles. The molecule has 0 aromatic carbocycles. The van der Waals surface area contributed by atoms with Crippen molar-refractivity contribution in [3.63, 3.8) is 0 Å². The van der Waals surface area contributed by atoms with Crippen LogP contribution in [0, 0.1) is 0 Å². The number of carbonyl (C=O) groups excluding carboxylic acids is 1. The highest BCUT2D eigenvalue weighted by Gasteiger charge is 2.10. The Morgan fingerprint density at radius 3 is 2.82 bits per heavy atom. The lowest BCUT2D eigenvalue weighted by Gasteiger charge is -2.03. The van der Waals surface area contributed by atoms with Crippen LogP contribution in [-0.4, -0.2) is 27.0 Å². The summed E-state index contributed by atoms with van der Waals surface area (Å²) in [6.07, 6.45) is 2.58. The Balaban J connectivity index is 2.16. The topological polar surface area (TPSA) is 92.2 Å². The van der Waals surface area contributed by atoms with Gasteiger partial charge in [0.05, 0.1) is 23.0 Å². The minimum Gasteiger partial charge on any atom is -0.478 e. The Hall–Kier alpha value is -2.28. The van der Waals surface area contributed by atoms with Crippen molar-refractivity contribution in [2.24, 2.45) is 0 Å². The first kappa shape index (κ1) is 11.2. The molecule has 0 radical (unpaired) electrons. The van der Waals surface area contributed by atoms with E-state index in [4.69, 9.17) is 5.11 Å². The predicted octanol–water partition coefficient (Wildman–Crippen LogP) is 1.49. The second-order valence-electron chi connectivity index (χ2n) is 3.10. The lowest BCUT2D eigenvalue weighted by molar-refractivity contribution is 0.0696. The van der Waals surface area contributed by atoms with Crippen molar-refractivity contribution in [3.8, 4) is 0 Å². The van der Waals surface area contributed by atoms with E-state index in [-0.39, 0.29) is 11.3 Å². The van der Waals surface area contributed by atoms with Crippen molar-refractivity contribution >= 4 is 28.9 Å². The molecule has 0 fully saturated rings. The molecule has 7 heteroatoms. The normalized spacial score (nSPS) is 9.88. The average molecular weight is 249 g/mol. The summed E-state index contributed by atoms with van der Waals surface area (Å²) in [6.45, 7) is 0. The van der Waals surface area contributed by atoms with Gasteiger partial charge < -0.3 is 10.4 Å². The molecule has 2 heterocycles. The molecule has 2 aromatic rings. The fourth-order valence-corrected chi connectivity index (χ4v) is 1.68. The van der Waals surface area contributed by atoms with Gasteiger partial charge in [-0.3, -0.25) is 9.78 Å². The average Bonchev–Trinajstić information content (AvgIpc) is 2.82. The Kier molecular flexibility index (Phi) is 3.10. The molecule has 6 nitrogen and oxygen atoms in total. The summed E-state index contributed by atoms with van der Waals surface area (Å²) in [5, 5.41) is 12.9. The second kappa shape index (κ2) is 4.71. The zero-order valence-corrected chi connectivity index (χ0v) is 9.27. The molecular weight excluding hydrogens is 242 g/mol. The van der Waals surface area contributed by atoms with Crippen LogP contribution in [0.3, 0.4) is 0 Å². The summed E-state index contributed by atoms with van der Waals surface area (Å²) >= 11 is 1.30. The Bertz CT molecular complexity index is 554. The molecule has 1 amide bonds. The van der Waals surface area contributed by atoms with E-state index in [0.717, 1.165) is 0 Å². The van der Waals surface area contributed by atoms with E-state index in [1.807, 2.05) is 0 Å². The van der Waals surface area contributed by atoms with E-state index in [1.165, 1.54) is 29.8 Å². The fourth-order valence-electron chi connectivity index (χ4n) is 1.15. The van der Waals surface area contributed by atoms with Crippen molar-refractivity contribution in [1.82, 2.24) is 9.97 Å². The molecule has 0 spiro atoms. The van der Waals surface area contributed by atoms with Crippen LogP contribution in [0.2, 0.25) is 0 Å². The number of nitrogens with one attached hydrogen (secondary N) is 1. The van der Waals surface area contributed by atoms with Crippen LogP contribution < -0.4 is 5.32 Å². The van der Waals surface area contributed by atoms with Crippen molar-refractivity contribution in [2.45, 2.75) is 0 Å². The number of nitrogens with zero attached hydrogens (tertiary/aromatic N) is 2. The molecule has 0 unspecified atom stereocenters. The lowest BCUT2D eigenvalue weighted by atomic mass is 10.2. The monoisotopic (exact) mass is 249 g/mol. The summed E-state index contributed by atoms with van der Waals surface area (Å²) in [6, 6.07) is 1.33. The van der Waals surface area contributed by atoms with Gasteiger partial charge in [-0.05, 0) is 6.07 Å². The van der Waals surface area contributed by atoms with Gasteiger partial charge in [0, 0.05) is 11.6 Å². The maximum atomic E-state index is 11.6. The van der Waals surface area contributed by atoms with Gasteiger partial charge in [0.25, 0.3) is 5.91 Å². The molecule has 2 N–H and O–H groups in total. The van der Waals surface area contributed by atoms with Crippen LogP contribution in [0.1, 0.15) is 20.8 Å². The number of hydrogen-bond donors (Lipinski definition) is 2. The number of hydrogen-bond acceptors (Lipinski definition) is 5. The van der Waals surface area contributed by atoms with Crippen molar-refractivity contribution in [2.75, 3.05) is 5.32 Å². The number of rotatable bonds is 3.